The van der Waals surface area contributed by atoms with E-state index in [1.54, 1.807) is 25.3 Å². The van der Waals surface area contributed by atoms with Gasteiger partial charge >= 0.3 is 11.9 Å². The van der Waals surface area contributed by atoms with Crippen molar-refractivity contribution in [2.24, 2.45) is 0 Å². The van der Waals surface area contributed by atoms with E-state index in [1.165, 1.54) is 57.2 Å². The minimum atomic E-state index is -1.34. The second-order valence-corrected chi connectivity index (χ2v) is 11.2. The quantitative estimate of drug-likeness (QED) is 0.135. The predicted molar refractivity (Wildman–Crippen MR) is 164 cm³/mol. The minimum absolute atomic E-state index is 0.407. The molecule has 0 saturated carbocycles. The van der Waals surface area contributed by atoms with E-state index in [0.717, 1.165) is 42.4 Å². The number of carbonyl (C=O) groups excluding carboxylic acids is 2. The van der Waals surface area contributed by atoms with Crippen molar-refractivity contribution < 1.29 is 28.9 Å². The number of ether oxygens (including phenoxy) is 3. The Morgan fingerprint density at radius 2 is 1.41 bits per heavy atom. The molecule has 1 N–H and O–H groups in total. The summed E-state index contributed by atoms with van der Waals surface area (Å²) in [4.78, 5) is 24.6. The molecule has 0 spiro atoms. The van der Waals surface area contributed by atoms with Gasteiger partial charge < -0.3 is 19.3 Å². The van der Waals surface area contributed by atoms with Gasteiger partial charge in [0, 0.05) is 11.3 Å². The van der Waals surface area contributed by atoms with Crippen molar-refractivity contribution in [2.45, 2.75) is 68.5 Å². The number of unbranched alkanes of at least 4 members (excludes halogenated alkanes) is 5. The van der Waals surface area contributed by atoms with Gasteiger partial charge in [0.2, 0.25) is 0 Å². The fourth-order valence-electron chi connectivity index (χ4n) is 4.95. The summed E-state index contributed by atoms with van der Waals surface area (Å²) in [7, 11) is 4.19. The second kappa shape index (κ2) is 17.5. The zero-order valence-corrected chi connectivity index (χ0v) is 25.2. The number of esters is 2. The third-order valence-corrected chi connectivity index (χ3v) is 8.56. The minimum Gasteiger partial charge on any atom is -0.496 e. The average molecular weight is 579 g/mol. The molecule has 2 unspecified atom stereocenters. The molecule has 0 heterocycles. The molecule has 6 nitrogen and oxygen atoms in total. The first-order valence-electron chi connectivity index (χ1n) is 14.2. The van der Waals surface area contributed by atoms with Crippen molar-refractivity contribution in [2.75, 3.05) is 21.3 Å². The molecule has 3 aromatic rings. The first-order valence-corrected chi connectivity index (χ1v) is 15.3. The van der Waals surface area contributed by atoms with Gasteiger partial charge in [-0.25, -0.2) is 9.59 Å². The highest BCUT2D eigenvalue weighted by Gasteiger charge is 2.30. The molecule has 2 atom stereocenters. The number of methoxy groups -OCH3 is 3. The van der Waals surface area contributed by atoms with E-state index < -0.39 is 23.3 Å². The smallest absolute Gasteiger partial charge is 0.337 e. The molecule has 7 heteroatoms. The Kier molecular flexibility index (Phi) is 13.8. The lowest BCUT2D eigenvalue weighted by Gasteiger charge is -2.24. The molecule has 41 heavy (non-hydrogen) atoms. The van der Waals surface area contributed by atoms with Crippen molar-refractivity contribution in [1.82, 2.24) is 0 Å². The first kappa shape index (κ1) is 32.2. The summed E-state index contributed by atoms with van der Waals surface area (Å²) < 4.78 is 15.3. The molecule has 0 aliphatic heterocycles. The van der Waals surface area contributed by atoms with Gasteiger partial charge in [0.25, 0.3) is 0 Å². The van der Waals surface area contributed by atoms with Gasteiger partial charge in [0.05, 0.1) is 32.1 Å². The van der Waals surface area contributed by atoms with Crippen LogP contribution in [0.5, 0.6) is 5.75 Å². The molecule has 0 aliphatic rings. The third-order valence-electron chi connectivity index (χ3n) is 7.22. The zero-order chi connectivity index (χ0) is 29.5. The molecule has 0 saturated heterocycles. The summed E-state index contributed by atoms with van der Waals surface area (Å²) in [5.74, 6) is -0.0903. The summed E-state index contributed by atoms with van der Waals surface area (Å²) in [6.45, 7) is 0. The maximum absolute atomic E-state index is 12.5. The number of thioether (sulfide) groups is 1. The highest BCUT2D eigenvalue weighted by molar-refractivity contribution is 7.98. The highest BCUT2D eigenvalue weighted by Crippen LogP contribution is 2.39. The van der Waals surface area contributed by atoms with Crippen LogP contribution < -0.4 is 4.74 Å². The van der Waals surface area contributed by atoms with Crippen LogP contribution in [-0.2, 0) is 32.9 Å². The Bertz CT molecular complexity index is 1230. The molecule has 0 aromatic heterocycles. The molecular weight excluding hydrogens is 536 g/mol. The highest BCUT2D eigenvalue weighted by atomic mass is 32.2. The Morgan fingerprint density at radius 3 is 2.10 bits per heavy atom. The van der Waals surface area contributed by atoms with Crippen LogP contribution in [0, 0.1) is 0 Å². The Balaban J connectivity index is 1.63. The molecule has 0 fully saturated rings. The fraction of sp³-hybridized carbons (Fsp3) is 0.412. The van der Waals surface area contributed by atoms with E-state index in [2.05, 4.69) is 36.4 Å². The molecule has 220 valence electrons. The Hall–Kier alpha value is -3.29. The van der Waals surface area contributed by atoms with E-state index in [4.69, 9.17) is 14.2 Å². The van der Waals surface area contributed by atoms with Crippen molar-refractivity contribution in [1.29, 1.82) is 0 Å². The number of aliphatic hydroxyl groups is 1. The predicted octanol–water partition coefficient (Wildman–Crippen LogP) is 7.12. The number of aliphatic hydroxyl groups excluding tert-OH is 1. The van der Waals surface area contributed by atoms with Crippen LogP contribution in [0.15, 0.2) is 72.8 Å². The average Bonchev–Trinajstić information content (AvgIpc) is 3.02. The monoisotopic (exact) mass is 578 g/mol. The molecule has 0 aliphatic carbocycles. The van der Waals surface area contributed by atoms with Crippen molar-refractivity contribution in [3.63, 3.8) is 0 Å². The van der Waals surface area contributed by atoms with E-state index >= 15 is 0 Å². The maximum Gasteiger partial charge on any atom is 0.337 e. The lowest BCUT2D eigenvalue weighted by Crippen LogP contribution is -2.28. The van der Waals surface area contributed by atoms with Gasteiger partial charge in [-0.1, -0.05) is 80.3 Å². The maximum atomic E-state index is 12.5. The zero-order valence-electron chi connectivity index (χ0n) is 24.3. The van der Waals surface area contributed by atoms with E-state index in [-0.39, 0.29) is 0 Å². The molecule has 0 radical (unpaired) electrons. The number of rotatable bonds is 17. The van der Waals surface area contributed by atoms with Crippen LogP contribution in [-0.4, -0.2) is 44.5 Å². The third kappa shape index (κ3) is 9.94. The van der Waals surface area contributed by atoms with Crippen LogP contribution in [0.1, 0.15) is 76.4 Å². The standard InChI is InChI=1S/C34H42O6S/c1-38-30-22-21-27(33(36)39-2)23-28(30)24-41-32(31(35)34(37)40-3)29-20-14-13-19-26(29)18-12-7-5-4-6-9-15-25-16-10-8-11-17-25/h8,10-11,13-14,16-17,19-23,31-32,35H,4-7,9,12,15,18,24H2,1-3H3. The van der Waals surface area contributed by atoms with E-state index in [1.807, 2.05) is 18.2 Å². The number of carbonyl (C=O) groups is 2. The van der Waals surface area contributed by atoms with Crippen LogP contribution in [0.25, 0.3) is 0 Å². The molecule has 0 amide bonds. The normalized spacial score (nSPS) is 12.4. The SMILES string of the molecule is COC(=O)c1ccc(OC)c(CSC(c2ccccc2CCCCCCCCc2ccccc2)C(O)C(=O)OC)c1. The topological polar surface area (TPSA) is 82.1 Å². The molecule has 3 rings (SSSR count). The fourth-order valence-corrected chi connectivity index (χ4v) is 6.23. The summed E-state index contributed by atoms with van der Waals surface area (Å²) in [5.41, 5.74) is 4.62. The molecule has 0 bridgehead atoms. The first-order chi connectivity index (χ1) is 20.0. The lowest BCUT2D eigenvalue weighted by atomic mass is 9.96. The van der Waals surface area contributed by atoms with Crippen LogP contribution in [0.2, 0.25) is 0 Å². The molecule has 3 aromatic carbocycles. The summed E-state index contributed by atoms with van der Waals surface area (Å²) in [6, 6.07) is 23.7. The van der Waals surface area contributed by atoms with Gasteiger partial charge in [-0.2, -0.15) is 0 Å². The number of aryl methyl sites for hydroxylation is 2. The summed E-state index contributed by atoms with van der Waals surface area (Å²) in [5, 5.41) is 10.5. The second-order valence-electron chi connectivity index (χ2n) is 10.0. The van der Waals surface area contributed by atoms with Crippen molar-refractivity contribution in [3.05, 3.63) is 101 Å². The van der Waals surface area contributed by atoms with Crippen LogP contribution in [0.4, 0.5) is 0 Å². The van der Waals surface area contributed by atoms with Crippen LogP contribution in [0.3, 0.4) is 0 Å². The summed E-state index contributed by atoms with van der Waals surface area (Å²) >= 11 is 1.42. The van der Waals surface area contributed by atoms with Crippen molar-refractivity contribution in [3.8, 4) is 5.75 Å². The molecular formula is C34H42O6S. The van der Waals surface area contributed by atoms with Gasteiger partial charge in [-0.05, 0) is 60.6 Å². The summed E-state index contributed by atoms with van der Waals surface area (Å²) in [6.07, 6.45) is 7.69. The van der Waals surface area contributed by atoms with Gasteiger partial charge in [-0.3, -0.25) is 0 Å². The van der Waals surface area contributed by atoms with Gasteiger partial charge in [0.15, 0.2) is 6.10 Å². The Labute approximate surface area is 248 Å². The number of benzene rings is 3. The number of hydrogen-bond acceptors (Lipinski definition) is 7. The van der Waals surface area contributed by atoms with Crippen LogP contribution >= 0.6 is 11.8 Å². The van der Waals surface area contributed by atoms with E-state index in [9.17, 15) is 14.7 Å². The number of hydrogen-bond donors (Lipinski definition) is 1. The largest absolute Gasteiger partial charge is 0.496 e. The lowest BCUT2D eigenvalue weighted by molar-refractivity contribution is -0.150. The van der Waals surface area contributed by atoms with E-state index in [0.29, 0.717) is 17.1 Å². The Morgan fingerprint density at radius 1 is 0.756 bits per heavy atom. The van der Waals surface area contributed by atoms with Gasteiger partial charge in [0.1, 0.15) is 5.75 Å². The van der Waals surface area contributed by atoms with Crippen molar-refractivity contribution >= 4 is 23.7 Å². The van der Waals surface area contributed by atoms with Gasteiger partial charge in [-0.15, -0.1) is 11.8 Å².